The molecule has 1 aliphatic carbocycles. The fraction of sp³-hybridized carbons (Fsp3) is 0.545. The van der Waals surface area contributed by atoms with Crippen LogP contribution < -0.4 is 0 Å². The Bertz CT molecular complexity index is 839. The maximum absolute atomic E-state index is 12.3. The van der Waals surface area contributed by atoms with Crippen molar-refractivity contribution in [1.82, 2.24) is 19.4 Å². The lowest BCUT2D eigenvalue weighted by atomic mass is 10.0. The van der Waals surface area contributed by atoms with Crippen LogP contribution in [0.2, 0.25) is 0 Å². The van der Waals surface area contributed by atoms with E-state index in [0.29, 0.717) is 6.04 Å². The fourth-order valence-electron chi connectivity index (χ4n) is 4.61. The SMILES string of the molecule is CN(C)C(=O)c1cccc(CN2CCC[C@H]2c2nc3c(n2C)CCCC3)c1. The Kier molecular flexibility index (Phi) is 5.04. The summed E-state index contributed by atoms with van der Waals surface area (Å²) < 4.78 is 2.36. The molecule has 144 valence electrons. The average molecular weight is 367 g/mol. The smallest absolute Gasteiger partial charge is 0.253 e. The monoisotopic (exact) mass is 366 g/mol. The number of carbonyl (C=O) groups excluding carboxylic acids is 1. The minimum Gasteiger partial charge on any atom is -0.345 e. The van der Waals surface area contributed by atoms with Crippen LogP contribution >= 0.6 is 0 Å². The van der Waals surface area contributed by atoms with Crippen LogP contribution in [0.15, 0.2) is 24.3 Å². The largest absolute Gasteiger partial charge is 0.345 e. The molecule has 2 aromatic rings. The first-order chi connectivity index (χ1) is 13.0. The lowest BCUT2D eigenvalue weighted by Gasteiger charge is -2.24. The lowest BCUT2D eigenvalue weighted by Crippen LogP contribution is -2.25. The van der Waals surface area contributed by atoms with Crippen LogP contribution in [0, 0.1) is 0 Å². The van der Waals surface area contributed by atoms with Crippen LogP contribution in [0.4, 0.5) is 0 Å². The van der Waals surface area contributed by atoms with E-state index in [1.807, 2.05) is 18.2 Å². The molecule has 27 heavy (non-hydrogen) atoms. The van der Waals surface area contributed by atoms with Crippen molar-refractivity contribution in [1.29, 1.82) is 0 Å². The van der Waals surface area contributed by atoms with E-state index < -0.39 is 0 Å². The van der Waals surface area contributed by atoms with Gasteiger partial charge in [-0.05, 0) is 62.8 Å². The summed E-state index contributed by atoms with van der Waals surface area (Å²) in [7, 11) is 5.79. The highest BCUT2D eigenvalue weighted by atomic mass is 16.2. The molecule has 1 saturated heterocycles. The van der Waals surface area contributed by atoms with Crippen molar-refractivity contribution in [3.05, 3.63) is 52.6 Å². The van der Waals surface area contributed by atoms with Gasteiger partial charge in [-0.2, -0.15) is 0 Å². The van der Waals surface area contributed by atoms with Crippen LogP contribution in [0.5, 0.6) is 0 Å². The molecule has 0 radical (unpaired) electrons. The van der Waals surface area contributed by atoms with Crippen molar-refractivity contribution in [2.75, 3.05) is 20.6 Å². The number of hydrogen-bond acceptors (Lipinski definition) is 3. The molecule has 0 unspecified atom stereocenters. The number of aryl methyl sites for hydroxylation is 1. The molecular formula is C22H30N4O. The van der Waals surface area contributed by atoms with Gasteiger partial charge in [-0.25, -0.2) is 4.98 Å². The number of likely N-dealkylation sites (tertiary alicyclic amines) is 1. The first-order valence-corrected chi connectivity index (χ1v) is 10.1. The Balaban J connectivity index is 1.55. The Morgan fingerprint density at radius 3 is 2.81 bits per heavy atom. The summed E-state index contributed by atoms with van der Waals surface area (Å²) in [5.41, 5.74) is 4.74. The zero-order valence-electron chi connectivity index (χ0n) is 16.7. The summed E-state index contributed by atoms with van der Waals surface area (Å²) >= 11 is 0. The van der Waals surface area contributed by atoms with Gasteiger partial charge in [0.15, 0.2) is 0 Å². The first-order valence-electron chi connectivity index (χ1n) is 10.1. The molecule has 5 heteroatoms. The molecule has 2 aliphatic rings. The second kappa shape index (κ2) is 7.47. The van der Waals surface area contributed by atoms with Crippen LogP contribution in [0.3, 0.4) is 0 Å². The number of carbonyl (C=O) groups is 1. The number of benzene rings is 1. The van der Waals surface area contributed by atoms with E-state index >= 15 is 0 Å². The summed E-state index contributed by atoms with van der Waals surface area (Å²) in [6.45, 7) is 1.96. The van der Waals surface area contributed by atoms with Gasteiger partial charge < -0.3 is 9.47 Å². The van der Waals surface area contributed by atoms with Crippen LogP contribution in [0.25, 0.3) is 0 Å². The van der Waals surface area contributed by atoms with Gasteiger partial charge in [0.25, 0.3) is 5.91 Å². The van der Waals surface area contributed by atoms with Gasteiger partial charge in [0.05, 0.1) is 11.7 Å². The van der Waals surface area contributed by atoms with Crippen molar-refractivity contribution in [3.8, 4) is 0 Å². The molecule has 1 amide bonds. The molecule has 0 saturated carbocycles. The summed E-state index contributed by atoms with van der Waals surface area (Å²) in [5.74, 6) is 1.30. The quantitative estimate of drug-likeness (QED) is 0.833. The summed E-state index contributed by atoms with van der Waals surface area (Å²) in [4.78, 5) is 21.5. The third kappa shape index (κ3) is 3.53. The zero-order valence-corrected chi connectivity index (χ0v) is 16.7. The maximum Gasteiger partial charge on any atom is 0.253 e. The summed E-state index contributed by atoms with van der Waals surface area (Å²) in [6.07, 6.45) is 7.22. The fourth-order valence-corrected chi connectivity index (χ4v) is 4.61. The molecule has 1 atom stereocenters. The minimum atomic E-state index is 0.0617. The van der Waals surface area contributed by atoms with E-state index in [-0.39, 0.29) is 5.91 Å². The number of hydrogen-bond donors (Lipinski definition) is 0. The van der Waals surface area contributed by atoms with Gasteiger partial charge in [-0.1, -0.05) is 12.1 Å². The second-order valence-electron chi connectivity index (χ2n) is 8.16. The van der Waals surface area contributed by atoms with E-state index in [1.165, 1.54) is 54.9 Å². The predicted molar refractivity (Wildman–Crippen MR) is 107 cm³/mol. The van der Waals surface area contributed by atoms with Gasteiger partial charge in [0, 0.05) is 38.9 Å². The van der Waals surface area contributed by atoms with Crippen LogP contribution in [0.1, 0.15) is 64.9 Å². The highest BCUT2D eigenvalue weighted by Gasteiger charge is 2.31. The van der Waals surface area contributed by atoms with Gasteiger partial charge in [-0.15, -0.1) is 0 Å². The third-order valence-corrected chi connectivity index (χ3v) is 6.04. The van der Waals surface area contributed by atoms with E-state index in [0.717, 1.165) is 25.1 Å². The van der Waals surface area contributed by atoms with Gasteiger partial charge >= 0.3 is 0 Å². The van der Waals surface area contributed by atoms with Crippen LogP contribution in [-0.4, -0.2) is 45.9 Å². The molecule has 0 spiro atoms. The number of rotatable bonds is 4. The molecule has 1 fully saturated rings. The number of imidazole rings is 1. The van der Waals surface area contributed by atoms with Gasteiger partial charge in [0.2, 0.25) is 0 Å². The number of amides is 1. The standard InChI is InChI=1S/C22H30N4O/c1-24(2)22(27)17-9-6-8-16(14-17)15-26-13-7-12-20(26)21-23-18-10-4-5-11-19(18)25(21)3/h6,8-9,14,20H,4-5,7,10-13,15H2,1-3H3/t20-/m0/s1. The molecule has 2 heterocycles. The van der Waals surface area contributed by atoms with Gasteiger partial charge in [0.1, 0.15) is 5.82 Å². The molecule has 4 rings (SSSR count). The molecule has 1 aromatic carbocycles. The molecule has 0 N–H and O–H groups in total. The maximum atomic E-state index is 12.3. The Morgan fingerprint density at radius 1 is 1.22 bits per heavy atom. The van der Waals surface area contributed by atoms with E-state index in [9.17, 15) is 4.79 Å². The highest BCUT2D eigenvalue weighted by Crippen LogP contribution is 2.34. The molecule has 5 nitrogen and oxygen atoms in total. The topological polar surface area (TPSA) is 41.4 Å². The molecule has 1 aromatic heterocycles. The van der Waals surface area contributed by atoms with E-state index in [1.54, 1.807) is 19.0 Å². The minimum absolute atomic E-state index is 0.0617. The Hall–Kier alpha value is -2.14. The van der Waals surface area contributed by atoms with Crippen molar-refractivity contribution >= 4 is 5.91 Å². The molecular weight excluding hydrogens is 336 g/mol. The number of aromatic nitrogens is 2. The van der Waals surface area contributed by atoms with Crippen molar-refractivity contribution in [2.24, 2.45) is 7.05 Å². The lowest BCUT2D eigenvalue weighted by molar-refractivity contribution is 0.0827. The summed E-state index contributed by atoms with van der Waals surface area (Å²) in [5, 5.41) is 0. The second-order valence-corrected chi connectivity index (χ2v) is 8.16. The predicted octanol–water partition coefficient (Wildman–Crippen LogP) is 3.34. The average Bonchev–Trinajstić information content (AvgIpc) is 3.25. The van der Waals surface area contributed by atoms with Crippen molar-refractivity contribution in [2.45, 2.75) is 51.1 Å². The van der Waals surface area contributed by atoms with E-state index in [4.69, 9.17) is 4.98 Å². The van der Waals surface area contributed by atoms with Crippen molar-refractivity contribution in [3.63, 3.8) is 0 Å². The normalized spacial score (nSPS) is 19.9. The highest BCUT2D eigenvalue weighted by molar-refractivity contribution is 5.94. The molecule has 0 bridgehead atoms. The third-order valence-electron chi connectivity index (χ3n) is 6.04. The molecule has 1 aliphatic heterocycles. The van der Waals surface area contributed by atoms with Gasteiger partial charge in [-0.3, -0.25) is 9.69 Å². The Morgan fingerprint density at radius 2 is 2.04 bits per heavy atom. The first kappa shape index (κ1) is 18.2. The number of nitrogens with zero attached hydrogens (tertiary/aromatic N) is 4. The zero-order chi connectivity index (χ0) is 19.0. The Labute approximate surface area is 162 Å². The van der Waals surface area contributed by atoms with Crippen molar-refractivity contribution < 1.29 is 4.79 Å². The number of fused-ring (bicyclic) bond motifs is 1. The summed E-state index contributed by atoms with van der Waals surface area (Å²) in [6, 6.07) is 8.46. The van der Waals surface area contributed by atoms with Crippen LogP contribution in [-0.2, 0) is 26.4 Å². The van der Waals surface area contributed by atoms with E-state index in [2.05, 4.69) is 22.6 Å².